The summed E-state index contributed by atoms with van der Waals surface area (Å²) in [6.07, 6.45) is 1.75. The molecule has 30 heavy (non-hydrogen) atoms. The Bertz CT molecular complexity index is 1100. The van der Waals surface area contributed by atoms with E-state index in [-0.39, 0.29) is 18.4 Å². The molecule has 2 heterocycles. The lowest BCUT2D eigenvalue weighted by molar-refractivity contribution is -0.128. The van der Waals surface area contributed by atoms with Gasteiger partial charge in [0, 0.05) is 23.0 Å². The lowest BCUT2D eigenvalue weighted by Gasteiger charge is -2.27. The number of carbonyl (C=O) groups is 1. The van der Waals surface area contributed by atoms with E-state index in [1.54, 1.807) is 11.6 Å². The summed E-state index contributed by atoms with van der Waals surface area (Å²) in [7, 11) is 0. The molecule has 0 saturated heterocycles. The van der Waals surface area contributed by atoms with Crippen molar-refractivity contribution in [1.29, 1.82) is 0 Å². The van der Waals surface area contributed by atoms with Crippen LogP contribution in [0.1, 0.15) is 32.0 Å². The van der Waals surface area contributed by atoms with Gasteiger partial charge in [-0.2, -0.15) is 0 Å². The van der Waals surface area contributed by atoms with Crippen LogP contribution >= 0.6 is 0 Å². The largest absolute Gasteiger partial charge is 0.357 e. The van der Waals surface area contributed by atoms with E-state index in [9.17, 15) is 4.79 Å². The predicted molar refractivity (Wildman–Crippen MR) is 116 cm³/mol. The van der Waals surface area contributed by atoms with E-state index in [1.807, 2.05) is 23.2 Å². The molecule has 2 aromatic carbocycles. The molecule has 0 radical (unpaired) electrons. The third-order valence-corrected chi connectivity index (χ3v) is 5.30. The zero-order valence-electron chi connectivity index (χ0n) is 17.0. The second-order valence-electron chi connectivity index (χ2n) is 7.77. The molecule has 1 aliphatic heterocycles. The Morgan fingerprint density at radius 2 is 2.03 bits per heavy atom. The number of amides is 1. The summed E-state index contributed by atoms with van der Waals surface area (Å²) < 4.78 is 0. The number of hydrogen-bond acceptors (Lipinski definition) is 5. The van der Waals surface area contributed by atoms with Gasteiger partial charge in [-0.15, -0.1) is 5.11 Å². The van der Waals surface area contributed by atoms with Crippen molar-refractivity contribution in [3.05, 3.63) is 72.1 Å². The van der Waals surface area contributed by atoms with Crippen molar-refractivity contribution in [1.82, 2.24) is 15.5 Å². The maximum atomic E-state index is 11.3. The van der Waals surface area contributed by atoms with Crippen LogP contribution in [0.5, 0.6) is 0 Å². The zero-order valence-corrected chi connectivity index (χ0v) is 17.0. The van der Waals surface area contributed by atoms with Gasteiger partial charge in [-0.3, -0.25) is 15.0 Å². The molecule has 1 aliphatic rings. The molecule has 1 aromatic heterocycles. The van der Waals surface area contributed by atoms with Crippen LogP contribution in [-0.4, -0.2) is 27.7 Å². The van der Waals surface area contributed by atoms with Crippen molar-refractivity contribution in [3.63, 3.8) is 0 Å². The monoisotopic (exact) mass is 403 g/mol. The highest BCUT2D eigenvalue weighted by molar-refractivity contribution is 5.95. The summed E-state index contributed by atoms with van der Waals surface area (Å²) in [5, 5.41) is 20.3. The number of H-pyrrole nitrogens is 1. The van der Waals surface area contributed by atoms with Crippen LogP contribution in [-0.2, 0) is 4.79 Å². The molecule has 0 spiro atoms. The first-order valence-corrected chi connectivity index (χ1v) is 10.0. The number of hydrogen-bond donors (Lipinski definition) is 3. The van der Waals surface area contributed by atoms with Crippen LogP contribution < -0.4 is 5.48 Å². The first kappa shape index (κ1) is 19.8. The maximum Gasteiger partial charge on any atom is 0.247 e. The summed E-state index contributed by atoms with van der Waals surface area (Å²) in [6.45, 7) is 4.83. The number of carbonyl (C=O) groups excluding carboxylic acids is 1. The number of aromatic nitrogens is 1. The SMILES string of the molecule is CC(C)C(c1cc2c(-c3ccccc3)cccc2[nH]1)N1C/C(=C/CC(=O)NO)N=N1. The highest BCUT2D eigenvalue weighted by Gasteiger charge is 2.28. The van der Waals surface area contributed by atoms with Crippen LogP contribution in [0.4, 0.5) is 0 Å². The Kier molecular flexibility index (Phi) is 5.63. The van der Waals surface area contributed by atoms with Gasteiger partial charge in [0.1, 0.15) is 0 Å². The smallest absolute Gasteiger partial charge is 0.247 e. The molecule has 1 atom stereocenters. The Balaban J connectivity index is 1.64. The van der Waals surface area contributed by atoms with Gasteiger partial charge >= 0.3 is 0 Å². The third-order valence-electron chi connectivity index (χ3n) is 5.30. The minimum Gasteiger partial charge on any atom is -0.357 e. The van der Waals surface area contributed by atoms with Crippen molar-refractivity contribution < 1.29 is 10.0 Å². The minimum atomic E-state index is -0.472. The van der Waals surface area contributed by atoms with Crippen molar-refractivity contribution >= 4 is 16.8 Å². The van der Waals surface area contributed by atoms with Gasteiger partial charge in [0.15, 0.2) is 0 Å². The number of rotatable bonds is 6. The van der Waals surface area contributed by atoms with Crippen LogP contribution in [0.15, 0.2) is 76.7 Å². The van der Waals surface area contributed by atoms with Crippen LogP contribution in [0.2, 0.25) is 0 Å². The average molecular weight is 403 g/mol. The van der Waals surface area contributed by atoms with Crippen LogP contribution in [0, 0.1) is 5.92 Å². The predicted octanol–water partition coefficient (Wildman–Crippen LogP) is 4.99. The first-order valence-electron chi connectivity index (χ1n) is 10.0. The molecule has 0 bridgehead atoms. The average Bonchev–Trinajstić information content (AvgIpc) is 3.39. The number of nitrogens with one attached hydrogen (secondary N) is 2. The molecule has 1 unspecified atom stereocenters. The van der Waals surface area contributed by atoms with Gasteiger partial charge in [-0.05, 0) is 35.3 Å². The van der Waals surface area contributed by atoms with Gasteiger partial charge in [0.05, 0.1) is 18.3 Å². The fraction of sp³-hybridized carbons (Fsp3) is 0.261. The van der Waals surface area contributed by atoms with Crippen molar-refractivity contribution in [2.75, 3.05) is 6.54 Å². The van der Waals surface area contributed by atoms with Crippen molar-refractivity contribution in [2.45, 2.75) is 26.3 Å². The molecule has 0 fully saturated rings. The lowest BCUT2D eigenvalue weighted by atomic mass is 9.98. The second kappa shape index (κ2) is 8.51. The van der Waals surface area contributed by atoms with E-state index < -0.39 is 5.91 Å². The van der Waals surface area contributed by atoms with E-state index in [2.05, 4.69) is 65.6 Å². The Morgan fingerprint density at radius 1 is 1.23 bits per heavy atom. The van der Waals surface area contributed by atoms with Crippen LogP contribution in [0.3, 0.4) is 0 Å². The van der Waals surface area contributed by atoms with Gasteiger partial charge in [0.25, 0.3) is 0 Å². The fourth-order valence-corrected chi connectivity index (χ4v) is 3.93. The van der Waals surface area contributed by atoms with Crippen LogP contribution in [0.25, 0.3) is 22.0 Å². The summed E-state index contributed by atoms with van der Waals surface area (Å²) >= 11 is 0. The molecule has 4 rings (SSSR count). The summed E-state index contributed by atoms with van der Waals surface area (Å²) in [5.74, 6) is -0.183. The number of aromatic amines is 1. The Morgan fingerprint density at radius 3 is 2.77 bits per heavy atom. The topological polar surface area (TPSA) is 93.1 Å². The lowest BCUT2D eigenvalue weighted by Crippen LogP contribution is -2.26. The molecule has 1 amide bonds. The molecule has 3 N–H and O–H groups in total. The van der Waals surface area contributed by atoms with E-state index in [0.717, 1.165) is 11.2 Å². The normalized spacial score (nSPS) is 16.0. The molecule has 0 saturated carbocycles. The van der Waals surface area contributed by atoms with Crippen molar-refractivity contribution in [3.8, 4) is 11.1 Å². The van der Waals surface area contributed by atoms with E-state index in [4.69, 9.17) is 5.21 Å². The highest BCUT2D eigenvalue weighted by Crippen LogP contribution is 2.36. The van der Waals surface area contributed by atoms with Gasteiger partial charge < -0.3 is 4.98 Å². The molecule has 3 aromatic rings. The molecular weight excluding hydrogens is 378 g/mol. The fourth-order valence-electron chi connectivity index (χ4n) is 3.93. The summed E-state index contributed by atoms with van der Waals surface area (Å²) in [5.41, 5.74) is 6.88. The zero-order chi connectivity index (χ0) is 21.1. The number of nitrogens with zero attached hydrogens (tertiary/aromatic N) is 3. The molecule has 7 nitrogen and oxygen atoms in total. The van der Waals surface area contributed by atoms with E-state index >= 15 is 0 Å². The molecule has 0 aliphatic carbocycles. The second-order valence-corrected chi connectivity index (χ2v) is 7.77. The van der Waals surface area contributed by atoms with Crippen molar-refractivity contribution in [2.24, 2.45) is 16.3 Å². The van der Waals surface area contributed by atoms with E-state index in [1.165, 1.54) is 16.5 Å². The van der Waals surface area contributed by atoms with Gasteiger partial charge in [-0.1, -0.05) is 61.5 Å². The Hall–Kier alpha value is -3.45. The Labute approximate surface area is 175 Å². The number of fused-ring (bicyclic) bond motifs is 1. The van der Waals surface area contributed by atoms with Gasteiger partial charge in [-0.25, -0.2) is 5.48 Å². The highest BCUT2D eigenvalue weighted by atomic mass is 16.5. The molecular formula is C23H25N5O2. The standard InChI is InChI=1S/C23H25N5O2/c1-15(2)23(28-14-17(25-27-28)11-12-22(29)26-30)21-13-19-18(9-6-10-20(19)24-21)16-7-4-3-5-8-16/h3-11,13,15,23-24,30H,12,14H2,1-2H3,(H,26,29)/b17-11-. The summed E-state index contributed by atoms with van der Waals surface area (Å²) in [4.78, 5) is 14.8. The minimum absolute atomic E-state index is 0.0161. The quantitative estimate of drug-likeness (QED) is 0.400. The third kappa shape index (κ3) is 3.97. The van der Waals surface area contributed by atoms with Gasteiger partial charge in [0.2, 0.25) is 5.91 Å². The van der Waals surface area contributed by atoms with E-state index in [0.29, 0.717) is 12.2 Å². The maximum absolute atomic E-state index is 11.3. The first-order chi connectivity index (χ1) is 14.6. The number of benzene rings is 2. The summed E-state index contributed by atoms with van der Waals surface area (Å²) in [6, 6.07) is 18.9. The molecule has 154 valence electrons. The molecule has 7 heteroatoms. The number of hydroxylamine groups is 1.